The maximum Gasteiger partial charge on any atom is 0.242 e. The van der Waals surface area contributed by atoms with Crippen LogP contribution in [0.4, 0.5) is 0 Å². The van der Waals surface area contributed by atoms with Gasteiger partial charge in [0.1, 0.15) is 0 Å². The molecule has 1 aromatic carbocycles. The summed E-state index contributed by atoms with van der Waals surface area (Å²) in [5.41, 5.74) is 2.21. The van der Waals surface area contributed by atoms with E-state index in [9.17, 15) is 8.42 Å². The highest BCUT2D eigenvalue weighted by Crippen LogP contribution is 2.14. The Balaban J connectivity index is 1.94. The number of nitrogens with one attached hydrogen (secondary N) is 1. The molecule has 2 aromatic rings. The molecule has 5 nitrogen and oxygen atoms in total. The maximum absolute atomic E-state index is 11.9. The Bertz CT molecular complexity index is 668. The average molecular weight is 305 g/mol. The lowest BCUT2D eigenvalue weighted by molar-refractivity contribution is 0.520. The molecule has 0 fully saturated rings. The van der Waals surface area contributed by atoms with E-state index in [1.165, 1.54) is 18.4 Å². The average Bonchev–Trinajstić information content (AvgIpc) is 2.49. The molecule has 0 bridgehead atoms. The van der Waals surface area contributed by atoms with Gasteiger partial charge in [-0.15, -0.1) is 0 Å². The Morgan fingerprint density at radius 3 is 2.00 bits per heavy atom. The predicted octanol–water partition coefficient (Wildman–Crippen LogP) is 1.62. The Morgan fingerprint density at radius 2 is 1.48 bits per heavy atom. The lowest BCUT2D eigenvalue weighted by atomic mass is 10.2. The summed E-state index contributed by atoms with van der Waals surface area (Å²) in [7, 11) is -0.297. The highest BCUT2D eigenvalue weighted by molar-refractivity contribution is 7.89. The van der Waals surface area contributed by atoms with Crippen LogP contribution in [0.25, 0.3) is 0 Å². The van der Waals surface area contributed by atoms with Gasteiger partial charge >= 0.3 is 0 Å². The summed E-state index contributed by atoms with van der Waals surface area (Å²) >= 11 is 0. The van der Waals surface area contributed by atoms with Crippen LogP contribution >= 0.6 is 0 Å². The highest BCUT2D eigenvalue weighted by Gasteiger charge is 2.16. The molecule has 0 aliphatic carbocycles. The first-order valence-electron chi connectivity index (χ1n) is 6.61. The second-order valence-corrected chi connectivity index (χ2v) is 7.04. The minimum absolute atomic E-state index is 0.311. The molecule has 0 saturated carbocycles. The van der Waals surface area contributed by atoms with Crippen LogP contribution in [0.5, 0.6) is 0 Å². The molecule has 1 aromatic heterocycles. The summed E-state index contributed by atoms with van der Waals surface area (Å²) in [6.07, 6.45) is 3.52. The maximum atomic E-state index is 11.9. The van der Waals surface area contributed by atoms with Crippen LogP contribution in [0.15, 0.2) is 53.7 Å². The van der Waals surface area contributed by atoms with Gasteiger partial charge in [0.15, 0.2) is 0 Å². The minimum atomic E-state index is -3.35. The first-order valence-corrected chi connectivity index (χ1v) is 8.05. The van der Waals surface area contributed by atoms with Crippen LogP contribution in [0.1, 0.15) is 11.1 Å². The predicted molar refractivity (Wildman–Crippen MR) is 82.1 cm³/mol. The monoisotopic (exact) mass is 305 g/mol. The molecule has 1 N–H and O–H groups in total. The molecule has 0 atom stereocenters. The van der Waals surface area contributed by atoms with E-state index in [0.717, 1.165) is 17.7 Å². The zero-order chi connectivity index (χ0) is 15.3. The fourth-order valence-corrected chi connectivity index (χ4v) is 2.74. The lowest BCUT2D eigenvalue weighted by Gasteiger charge is -2.12. The van der Waals surface area contributed by atoms with E-state index >= 15 is 0 Å². The quantitative estimate of drug-likeness (QED) is 0.881. The Labute approximate surface area is 125 Å². The smallest absolute Gasteiger partial charge is 0.242 e. The Kier molecular flexibility index (Phi) is 5.06. The number of pyridine rings is 1. The van der Waals surface area contributed by atoms with Gasteiger partial charge in [-0.3, -0.25) is 4.98 Å². The molecular weight excluding hydrogens is 286 g/mol. The normalized spacial score (nSPS) is 11.8. The third-order valence-electron chi connectivity index (χ3n) is 3.11. The highest BCUT2D eigenvalue weighted by atomic mass is 32.2. The number of hydrogen-bond acceptors (Lipinski definition) is 4. The summed E-state index contributed by atoms with van der Waals surface area (Å²) in [5, 5.41) is 3.31. The van der Waals surface area contributed by atoms with Gasteiger partial charge in [-0.1, -0.05) is 12.1 Å². The number of nitrogens with zero attached hydrogens (tertiary/aromatic N) is 2. The molecular formula is C15H19N3O2S. The van der Waals surface area contributed by atoms with Gasteiger partial charge < -0.3 is 5.32 Å². The zero-order valence-corrected chi connectivity index (χ0v) is 13.0. The van der Waals surface area contributed by atoms with Gasteiger partial charge in [0.25, 0.3) is 0 Å². The molecule has 0 unspecified atom stereocenters. The number of aromatic nitrogens is 1. The van der Waals surface area contributed by atoms with Gasteiger partial charge in [-0.25, -0.2) is 12.7 Å². The van der Waals surface area contributed by atoms with Crippen molar-refractivity contribution < 1.29 is 8.42 Å². The van der Waals surface area contributed by atoms with E-state index in [1.807, 2.05) is 24.3 Å². The molecule has 0 spiro atoms. The van der Waals surface area contributed by atoms with Gasteiger partial charge in [0, 0.05) is 39.6 Å². The van der Waals surface area contributed by atoms with Gasteiger partial charge in [-0.05, 0) is 35.4 Å². The molecule has 0 radical (unpaired) electrons. The van der Waals surface area contributed by atoms with Crippen LogP contribution in [-0.2, 0) is 23.1 Å². The van der Waals surface area contributed by atoms with Crippen molar-refractivity contribution in [2.75, 3.05) is 14.1 Å². The number of rotatable bonds is 6. The third-order valence-corrected chi connectivity index (χ3v) is 4.94. The molecule has 0 amide bonds. The standard InChI is InChI=1S/C15H19N3O2S/c1-18(2)21(19,20)15-5-3-13(4-6-15)11-17-12-14-7-9-16-10-8-14/h3-10,17H,11-12H2,1-2H3. The molecule has 6 heteroatoms. The second kappa shape index (κ2) is 6.80. The third kappa shape index (κ3) is 4.10. The fraction of sp³-hybridized carbons (Fsp3) is 0.267. The fourth-order valence-electron chi connectivity index (χ4n) is 1.84. The SMILES string of the molecule is CN(C)S(=O)(=O)c1ccc(CNCc2ccncc2)cc1. The summed E-state index contributed by atoms with van der Waals surface area (Å²) in [6.45, 7) is 1.44. The summed E-state index contributed by atoms with van der Waals surface area (Å²) < 4.78 is 25.1. The van der Waals surface area contributed by atoms with Crippen molar-refractivity contribution in [2.45, 2.75) is 18.0 Å². The first-order chi connectivity index (χ1) is 10.00. The summed E-state index contributed by atoms with van der Waals surface area (Å²) in [6, 6.07) is 10.9. The van der Waals surface area contributed by atoms with Crippen LogP contribution in [-0.4, -0.2) is 31.8 Å². The molecule has 1 heterocycles. The topological polar surface area (TPSA) is 62.3 Å². The van der Waals surface area contributed by atoms with E-state index < -0.39 is 10.0 Å². The van der Waals surface area contributed by atoms with E-state index in [1.54, 1.807) is 24.5 Å². The van der Waals surface area contributed by atoms with Crippen molar-refractivity contribution in [3.63, 3.8) is 0 Å². The number of sulfonamides is 1. The van der Waals surface area contributed by atoms with E-state index in [0.29, 0.717) is 11.4 Å². The van der Waals surface area contributed by atoms with Gasteiger partial charge in [0.05, 0.1) is 4.90 Å². The van der Waals surface area contributed by atoms with Crippen molar-refractivity contribution in [2.24, 2.45) is 0 Å². The van der Waals surface area contributed by atoms with Crippen molar-refractivity contribution in [1.82, 2.24) is 14.6 Å². The van der Waals surface area contributed by atoms with E-state index in [-0.39, 0.29) is 0 Å². The van der Waals surface area contributed by atoms with E-state index in [2.05, 4.69) is 10.3 Å². The van der Waals surface area contributed by atoms with Gasteiger partial charge in [0.2, 0.25) is 10.0 Å². The number of hydrogen-bond donors (Lipinski definition) is 1. The summed E-state index contributed by atoms with van der Waals surface area (Å²) in [4.78, 5) is 4.28. The van der Waals surface area contributed by atoms with Gasteiger partial charge in [-0.2, -0.15) is 0 Å². The molecule has 0 aliphatic heterocycles. The molecule has 21 heavy (non-hydrogen) atoms. The summed E-state index contributed by atoms with van der Waals surface area (Å²) in [5.74, 6) is 0. The molecule has 2 rings (SSSR count). The first kappa shape index (κ1) is 15.6. The van der Waals surface area contributed by atoms with E-state index in [4.69, 9.17) is 0 Å². The van der Waals surface area contributed by atoms with Crippen LogP contribution in [0, 0.1) is 0 Å². The molecule has 0 saturated heterocycles. The zero-order valence-electron chi connectivity index (χ0n) is 12.2. The van der Waals surface area contributed by atoms with Crippen molar-refractivity contribution in [1.29, 1.82) is 0 Å². The Hall–Kier alpha value is -1.76. The largest absolute Gasteiger partial charge is 0.309 e. The number of benzene rings is 1. The van der Waals surface area contributed by atoms with Crippen LogP contribution in [0.2, 0.25) is 0 Å². The van der Waals surface area contributed by atoms with Crippen molar-refractivity contribution in [3.05, 3.63) is 59.9 Å². The minimum Gasteiger partial charge on any atom is -0.309 e. The molecule has 112 valence electrons. The Morgan fingerprint density at radius 1 is 0.952 bits per heavy atom. The molecule has 0 aliphatic rings. The van der Waals surface area contributed by atoms with Crippen LogP contribution < -0.4 is 5.32 Å². The van der Waals surface area contributed by atoms with Crippen molar-refractivity contribution >= 4 is 10.0 Å². The van der Waals surface area contributed by atoms with Crippen LogP contribution in [0.3, 0.4) is 0 Å². The lowest BCUT2D eigenvalue weighted by Crippen LogP contribution is -2.22. The van der Waals surface area contributed by atoms with Crippen molar-refractivity contribution in [3.8, 4) is 0 Å². The second-order valence-electron chi connectivity index (χ2n) is 4.89.